The standard InChI is InChI=1S/C16H25Cl2N3O2.2C2H6/c1-16(2,3)23-15(22)21-8-4-7-19-11-20-10-12-5-6-13(17)14(18)9-12;2*1-2/h5-6,9,19-20H,4,7-8,10-11H2,1-3H3,(H,21,22);2*1-2H3. The highest BCUT2D eigenvalue weighted by Crippen LogP contribution is 2.22. The Bertz CT molecular complexity index is 506. The first-order valence-electron chi connectivity index (χ1n) is 9.60. The summed E-state index contributed by atoms with van der Waals surface area (Å²) in [6.07, 6.45) is 0.448. The minimum atomic E-state index is -0.461. The third-order valence-corrected chi connectivity index (χ3v) is 3.50. The molecular formula is C20H37Cl2N3O2. The third-order valence-electron chi connectivity index (χ3n) is 2.76. The molecule has 0 aliphatic rings. The lowest BCUT2D eigenvalue weighted by molar-refractivity contribution is 0.0527. The Morgan fingerprint density at radius 3 is 2.19 bits per heavy atom. The molecule has 0 aliphatic heterocycles. The zero-order valence-electron chi connectivity index (χ0n) is 17.8. The van der Waals surface area contributed by atoms with E-state index in [0.717, 1.165) is 18.5 Å². The van der Waals surface area contributed by atoms with Crippen molar-refractivity contribution in [3.8, 4) is 0 Å². The van der Waals surface area contributed by atoms with E-state index in [1.807, 2.05) is 60.6 Å². The highest BCUT2D eigenvalue weighted by Gasteiger charge is 2.15. The maximum absolute atomic E-state index is 11.4. The SMILES string of the molecule is CC.CC.CC(C)(C)OC(=O)NCCCNCNCc1ccc(Cl)c(Cl)c1. The Kier molecular flexibility index (Phi) is 17.9. The van der Waals surface area contributed by atoms with Gasteiger partial charge in [-0.1, -0.05) is 57.0 Å². The summed E-state index contributed by atoms with van der Waals surface area (Å²) in [7, 11) is 0. The van der Waals surface area contributed by atoms with Crippen molar-refractivity contribution in [2.24, 2.45) is 0 Å². The number of rotatable bonds is 8. The van der Waals surface area contributed by atoms with Crippen LogP contribution in [0.25, 0.3) is 0 Å². The van der Waals surface area contributed by atoms with E-state index in [0.29, 0.717) is 29.8 Å². The van der Waals surface area contributed by atoms with E-state index in [9.17, 15) is 4.79 Å². The fourth-order valence-electron chi connectivity index (χ4n) is 1.75. The number of carbonyl (C=O) groups excluding carboxylic acids is 1. The van der Waals surface area contributed by atoms with Crippen molar-refractivity contribution in [3.05, 3.63) is 33.8 Å². The van der Waals surface area contributed by atoms with Crippen LogP contribution in [0.1, 0.15) is 60.5 Å². The van der Waals surface area contributed by atoms with Gasteiger partial charge >= 0.3 is 6.09 Å². The molecule has 0 spiro atoms. The summed E-state index contributed by atoms with van der Waals surface area (Å²) in [5.74, 6) is 0. The van der Waals surface area contributed by atoms with Crippen molar-refractivity contribution in [3.63, 3.8) is 0 Å². The molecule has 7 heteroatoms. The van der Waals surface area contributed by atoms with Gasteiger partial charge in [-0.25, -0.2) is 4.79 Å². The van der Waals surface area contributed by atoms with Crippen molar-refractivity contribution in [1.29, 1.82) is 0 Å². The van der Waals surface area contributed by atoms with Crippen LogP contribution in [0.3, 0.4) is 0 Å². The first-order chi connectivity index (χ1) is 12.8. The van der Waals surface area contributed by atoms with Gasteiger partial charge in [-0.3, -0.25) is 0 Å². The van der Waals surface area contributed by atoms with Crippen LogP contribution in [0.2, 0.25) is 10.0 Å². The maximum atomic E-state index is 11.4. The predicted octanol–water partition coefficient (Wildman–Crippen LogP) is 5.60. The molecule has 0 aromatic heterocycles. The molecule has 1 rings (SSSR count). The lowest BCUT2D eigenvalue weighted by Crippen LogP contribution is -2.35. The Labute approximate surface area is 175 Å². The number of hydrogen-bond donors (Lipinski definition) is 3. The van der Waals surface area contributed by atoms with Crippen molar-refractivity contribution >= 4 is 29.3 Å². The fraction of sp³-hybridized carbons (Fsp3) is 0.650. The first kappa shape index (κ1) is 28.2. The summed E-state index contributed by atoms with van der Waals surface area (Å²) in [4.78, 5) is 11.4. The fourth-order valence-corrected chi connectivity index (χ4v) is 2.07. The van der Waals surface area contributed by atoms with Crippen molar-refractivity contribution in [2.45, 2.75) is 67.0 Å². The zero-order chi connectivity index (χ0) is 21.3. The average molecular weight is 422 g/mol. The van der Waals surface area contributed by atoms with Crippen LogP contribution in [0.5, 0.6) is 0 Å². The second kappa shape index (κ2) is 17.1. The zero-order valence-corrected chi connectivity index (χ0v) is 19.4. The highest BCUT2D eigenvalue weighted by molar-refractivity contribution is 6.42. The van der Waals surface area contributed by atoms with E-state index in [1.165, 1.54) is 0 Å². The van der Waals surface area contributed by atoms with Gasteiger partial charge in [-0.05, 0) is 51.4 Å². The van der Waals surface area contributed by atoms with Crippen molar-refractivity contribution in [2.75, 3.05) is 19.8 Å². The topological polar surface area (TPSA) is 62.4 Å². The lowest BCUT2D eigenvalue weighted by atomic mass is 10.2. The number of hydrogen-bond acceptors (Lipinski definition) is 4. The molecule has 0 fully saturated rings. The van der Waals surface area contributed by atoms with E-state index in [-0.39, 0.29) is 6.09 Å². The molecule has 1 amide bonds. The molecule has 0 saturated heterocycles. The largest absolute Gasteiger partial charge is 0.444 e. The molecule has 1 aromatic rings. The number of alkyl carbamates (subject to hydrolysis) is 1. The quantitative estimate of drug-likeness (QED) is 0.377. The second-order valence-electron chi connectivity index (χ2n) is 6.13. The normalized spacial score (nSPS) is 10.1. The first-order valence-corrected chi connectivity index (χ1v) is 10.4. The summed E-state index contributed by atoms with van der Waals surface area (Å²) in [5, 5.41) is 10.3. The number of halogens is 2. The summed E-state index contributed by atoms with van der Waals surface area (Å²) in [6, 6.07) is 5.57. The second-order valence-corrected chi connectivity index (χ2v) is 6.95. The molecule has 0 atom stereocenters. The predicted molar refractivity (Wildman–Crippen MR) is 118 cm³/mol. The highest BCUT2D eigenvalue weighted by atomic mass is 35.5. The van der Waals surface area contributed by atoms with Crippen LogP contribution >= 0.6 is 23.2 Å². The number of benzene rings is 1. The van der Waals surface area contributed by atoms with E-state index < -0.39 is 5.60 Å². The molecule has 0 heterocycles. The van der Waals surface area contributed by atoms with E-state index in [2.05, 4.69) is 16.0 Å². The molecule has 0 aliphatic carbocycles. The Hall–Kier alpha value is -1.01. The average Bonchev–Trinajstić information content (AvgIpc) is 2.62. The minimum absolute atomic E-state index is 0.379. The number of amides is 1. The summed E-state index contributed by atoms with van der Waals surface area (Å²) < 4.78 is 5.15. The van der Waals surface area contributed by atoms with Gasteiger partial charge in [-0.2, -0.15) is 0 Å². The summed E-state index contributed by atoms with van der Waals surface area (Å²) >= 11 is 11.8. The van der Waals surface area contributed by atoms with Gasteiger partial charge in [0.05, 0.1) is 10.0 Å². The lowest BCUT2D eigenvalue weighted by Gasteiger charge is -2.19. The molecule has 3 N–H and O–H groups in total. The van der Waals surface area contributed by atoms with Gasteiger partial charge in [0.1, 0.15) is 5.60 Å². The maximum Gasteiger partial charge on any atom is 0.407 e. The van der Waals surface area contributed by atoms with E-state index in [4.69, 9.17) is 27.9 Å². The summed E-state index contributed by atoms with van der Waals surface area (Å²) in [6.45, 7) is 16.3. The molecule has 0 unspecified atom stereocenters. The van der Waals surface area contributed by atoms with Gasteiger partial charge < -0.3 is 20.7 Å². The Balaban J connectivity index is 0. The van der Waals surface area contributed by atoms with Crippen LogP contribution in [0, 0.1) is 0 Å². The molecule has 0 radical (unpaired) electrons. The van der Waals surface area contributed by atoms with Gasteiger partial charge in [0.25, 0.3) is 0 Å². The van der Waals surface area contributed by atoms with Crippen LogP contribution in [-0.4, -0.2) is 31.5 Å². The monoisotopic (exact) mass is 421 g/mol. The Morgan fingerprint density at radius 1 is 1.00 bits per heavy atom. The van der Waals surface area contributed by atoms with Crippen LogP contribution < -0.4 is 16.0 Å². The molecule has 1 aromatic carbocycles. The van der Waals surface area contributed by atoms with Gasteiger partial charge in [-0.15, -0.1) is 0 Å². The summed E-state index contributed by atoms with van der Waals surface area (Å²) in [5.41, 5.74) is 0.615. The molecule has 5 nitrogen and oxygen atoms in total. The molecule has 27 heavy (non-hydrogen) atoms. The van der Waals surface area contributed by atoms with Crippen LogP contribution in [0.15, 0.2) is 18.2 Å². The molecular weight excluding hydrogens is 385 g/mol. The number of carbonyl (C=O) groups is 1. The van der Waals surface area contributed by atoms with Gasteiger partial charge in [0.15, 0.2) is 0 Å². The van der Waals surface area contributed by atoms with Crippen LogP contribution in [0.4, 0.5) is 4.79 Å². The van der Waals surface area contributed by atoms with Crippen LogP contribution in [-0.2, 0) is 11.3 Å². The third kappa shape index (κ3) is 16.9. The number of ether oxygens (including phenoxy) is 1. The Morgan fingerprint density at radius 2 is 1.63 bits per heavy atom. The number of nitrogens with one attached hydrogen (secondary N) is 3. The molecule has 0 saturated carbocycles. The smallest absolute Gasteiger partial charge is 0.407 e. The van der Waals surface area contributed by atoms with Gasteiger partial charge in [0, 0.05) is 19.8 Å². The van der Waals surface area contributed by atoms with E-state index >= 15 is 0 Å². The molecule has 0 bridgehead atoms. The van der Waals surface area contributed by atoms with Crippen molar-refractivity contribution in [1.82, 2.24) is 16.0 Å². The van der Waals surface area contributed by atoms with Gasteiger partial charge in [0.2, 0.25) is 0 Å². The van der Waals surface area contributed by atoms with Crippen molar-refractivity contribution < 1.29 is 9.53 Å². The molecule has 158 valence electrons. The van der Waals surface area contributed by atoms with E-state index in [1.54, 1.807) is 6.07 Å². The minimum Gasteiger partial charge on any atom is -0.444 e.